The minimum Gasteiger partial charge on any atom is -0.322 e. The van der Waals surface area contributed by atoms with Gasteiger partial charge in [0.2, 0.25) is 0 Å². The van der Waals surface area contributed by atoms with E-state index in [4.69, 9.17) is 0 Å². The Morgan fingerprint density at radius 2 is 2.28 bits per heavy atom. The highest BCUT2D eigenvalue weighted by Crippen LogP contribution is 2.20. The van der Waals surface area contributed by atoms with Crippen LogP contribution in [-0.2, 0) is 16.1 Å². The molecule has 2 aliphatic heterocycles. The maximum absolute atomic E-state index is 12.3. The van der Waals surface area contributed by atoms with E-state index in [-0.39, 0.29) is 18.5 Å². The average molecular weight is 348 g/mol. The number of amides is 4. The van der Waals surface area contributed by atoms with E-state index in [1.807, 2.05) is 23.9 Å². The number of hydrazine groups is 1. The van der Waals surface area contributed by atoms with Gasteiger partial charge in [-0.1, -0.05) is 6.92 Å². The molecule has 0 unspecified atom stereocenters. The molecule has 0 aliphatic carbocycles. The first-order valence-corrected chi connectivity index (χ1v) is 8.60. The molecule has 136 valence electrons. The standard InChI is InChI=1S/C16H24N6O3/c1-3-16(2)14(24)22(15(25)18-16)19-13(23)11-20-8-4-6-12(20)10-21-9-5-7-17-21/h5,7,9,12H,3-4,6,8,10-11H2,1-2H3,(H,18,25)(H,19,23)/t12-,16-/m1/s1. The molecular weight excluding hydrogens is 324 g/mol. The summed E-state index contributed by atoms with van der Waals surface area (Å²) < 4.78 is 1.85. The number of nitrogens with one attached hydrogen (secondary N) is 2. The Morgan fingerprint density at radius 1 is 1.48 bits per heavy atom. The first-order chi connectivity index (χ1) is 11.9. The van der Waals surface area contributed by atoms with Gasteiger partial charge < -0.3 is 5.32 Å². The fraction of sp³-hybridized carbons (Fsp3) is 0.625. The van der Waals surface area contributed by atoms with Gasteiger partial charge in [0.1, 0.15) is 5.54 Å². The third kappa shape index (κ3) is 3.51. The number of hydrogen-bond donors (Lipinski definition) is 2. The predicted molar refractivity (Wildman–Crippen MR) is 89.0 cm³/mol. The van der Waals surface area contributed by atoms with E-state index in [0.29, 0.717) is 6.42 Å². The van der Waals surface area contributed by atoms with Gasteiger partial charge in [-0.25, -0.2) is 4.79 Å². The zero-order chi connectivity index (χ0) is 18.0. The van der Waals surface area contributed by atoms with Gasteiger partial charge >= 0.3 is 6.03 Å². The second kappa shape index (κ2) is 6.83. The molecule has 25 heavy (non-hydrogen) atoms. The summed E-state index contributed by atoms with van der Waals surface area (Å²) in [6, 6.07) is 1.50. The van der Waals surface area contributed by atoms with Crippen LogP contribution in [0.4, 0.5) is 4.79 Å². The summed E-state index contributed by atoms with van der Waals surface area (Å²) in [5.41, 5.74) is 1.49. The molecule has 3 rings (SSSR count). The van der Waals surface area contributed by atoms with Crippen LogP contribution in [0, 0.1) is 0 Å². The molecule has 9 nitrogen and oxygen atoms in total. The minimum absolute atomic E-state index is 0.145. The largest absolute Gasteiger partial charge is 0.344 e. The third-order valence-corrected chi connectivity index (χ3v) is 5.01. The lowest BCUT2D eigenvalue weighted by Crippen LogP contribution is -2.51. The van der Waals surface area contributed by atoms with E-state index >= 15 is 0 Å². The van der Waals surface area contributed by atoms with Crippen molar-refractivity contribution in [1.29, 1.82) is 0 Å². The third-order valence-electron chi connectivity index (χ3n) is 5.01. The highest BCUT2D eigenvalue weighted by molar-refractivity contribution is 6.07. The molecule has 0 aromatic carbocycles. The van der Waals surface area contributed by atoms with E-state index in [1.165, 1.54) is 0 Å². The van der Waals surface area contributed by atoms with Crippen LogP contribution in [0.5, 0.6) is 0 Å². The number of hydrogen-bond acceptors (Lipinski definition) is 5. The molecule has 0 radical (unpaired) electrons. The van der Waals surface area contributed by atoms with Crippen LogP contribution < -0.4 is 10.7 Å². The fourth-order valence-corrected chi connectivity index (χ4v) is 3.30. The van der Waals surface area contributed by atoms with Gasteiger partial charge in [-0.05, 0) is 38.8 Å². The smallest absolute Gasteiger partial charge is 0.322 e. The normalized spacial score (nSPS) is 27.0. The van der Waals surface area contributed by atoms with Crippen LogP contribution >= 0.6 is 0 Å². The van der Waals surface area contributed by atoms with E-state index < -0.39 is 17.5 Å². The monoisotopic (exact) mass is 348 g/mol. The first-order valence-electron chi connectivity index (χ1n) is 8.60. The van der Waals surface area contributed by atoms with Gasteiger partial charge in [-0.15, -0.1) is 0 Å². The van der Waals surface area contributed by atoms with Gasteiger partial charge in [-0.3, -0.25) is 24.6 Å². The van der Waals surface area contributed by atoms with Gasteiger partial charge in [-0.2, -0.15) is 10.1 Å². The molecule has 2 atom stereocenters. The lowest BCUT2D eigenvalue weighted by molar-refractivity contribution is -0.139. The van der Waals surface area contributed by atoms with Gasteiger partial charge in [0.15, 0.2) is 0 Å². The number of nitrogens with zero attached hydrogens (tertiary/aromatic N) is 4. The molecule has 0 bridgehead atoms. The van der Waals surface area contributed by atoms with Crippen molar-refractivity contribution in [3.8, 4) is 0 Å². The van der Waals surface area contributed by atoms with E-state index in [9.17, 15) is 14.4 Å². The number of aromatic nitrogens is 2. The summed E-state index contributed by atoms with van der Waals surface area (Å²) in [5.74, 6) is -0.793. The molecule has 0 spiro atoms. The second-order valence-corrected chi connectivity index (χ2v) is 6.79. The van der Waals surface area contributed by atoms with Crippen LogP contribution in [0.25, 0.3) is 0 Å². The zero-order valence-corrected chi connectivity index (χ0v) is 14.6. The molecule has 2 N–H and O–H groups in total. The maximum Gasteiger partial charge on any atom is 0.344 e. The van der Waals surface area contributed by atoms with Crippen molar-refractivity contribution < 1.29 is 14.4 Å². The van der Waals surface area contributed by atoms with Gasteiger partial charge in [0.05, 0.1) is 13.1 Å². The second-order valence-electron chi connectivity index (χ2n) is 6.79. The van der Waals surface area contributed by atoms with Crippen molar-refractivity contribution in [2.45, 2.75) is 51.2 Å². The molecular formula is C16H24N6O3. The number of imide groups is 1. The van der Waals surface area contributed by atoms with Crippen LogP contribution in [-0.4, -0.2) is 62.2 Å². The number of likely N-dealkylation sites (tertiary alicyclic amines) is 1. The van der Waals surface area contributed by atoms with Crippen molar-refractivity contribution in [2.75, 3.05) is 13.1 Å². The molecule has 2 saturated heterocycles. The molecule has 3 heterocycles. The van der Waals surface area contributed by atoms with E-state index in [1.54, 1.807) is 13.1 Å². The summed E-state index contributed by atoms with van der Waals surface area (Å²) >= 11 is 0. The fourth-order valence-electron chi connectivity index (χ4n) is 3.30. The Labute approximate surface area is 146 Å². The Bertz CT molecular complexity index is 661. The van der Waals surface area contributed by atoms with E-state index in [0.717, 1.165) is 30.9 Å². The highest BCUT2D eigenvalue weighted by atomic mass is 16.2. The van der Waals surface area contributed by atoms with Gasteiger partial charge in [0.25, 0.3) is 11.8 Å². The minimum atomic E-state index is -0.958. The summed E-state index contributed by atoms with van der Waals surface area (Å²) in [6.45, 7) is 5.14. The van der Waals surface area contributed by atoms with Crippen LogP contribution in [0.1, 0.15) is 33.1 Å². The summed E-state index contributed by atoms with van der Waals surface area (Å²) in [7, 11) is 0. The number of carbonyl (C=O) groups is 3. The molecule has 1 aromatic heterocycles. The van der Waals surface area contributed by atoms with Crippen LogP contribution in [0.3, 0.4) is 0 Å². The van der Waals surface area contributed by atoms with Crippen molar-refractivity contribution in [1.82, 2.24) is 30.4 Å². The number of urea groups is 1. The van der Waals surface area contributed by atoms with Crippen molar-refractivity contribution in [2.24, 2.45) is 0 Å². The highest BCUT2D eigenvalue weighted by Gasteiger charge is 2.47. The molecule has 0 saturated carbocycles. The molecule has 9 heteroatoms. The molecule has 4 amide bonds. The SMILES string of the molecule is CC[C@@]1(C)NC(=O)N(NC(=O)CN2CCC[C@@H]2Cn2cccn2)C1=O. The predicted octanol–water partition coefficient (Wildman–Crippen LogP) is 0.0992. The Balaban J connectivity index is 1.57. The quantitative estimate of drug-likeness (QED) is 0.710. The van der Waals surface area contributed by atoms with Crippen molar-refractivity contribution in [3.63, 3.8) is 0 Å². The zero-order valence-electron chi connectivity index (χ0n) is 14.6. The number of carbonyl (C=O) groups excluding carboxylic acids is 3. The average Bonchev–Trinajstić information content (AvgIpc) is 3.28. The number of rotatable bonds is 6. The summed E-state index contributed by atoms with van der Waals surface area (Å²) in [6.07, 6.45) is 6.09. The Hall–Kier alpha value is -2.42. The lowest BCUT2D eigenvalue weighted by Gasteiger charge is -2.25. The van der Waals surface area contributed by atoms with Crippen molar-refractivity contribution in [3.05, 3.63) is 18.5 Å². The molecule has 2 fully saturated rings. The Morgan fingerprint density at radius 3 is 2.92 bits per heavy atom. The van der Waals surface area contributed by atoms with Crippen LogP contribution in [0.15, 0.2) is 18.5 Å². The Kier molecular flexibility index (Phi) is 4.76. The summed E-state index contributed by atoms with van der Waals surface area (Å²) in [4.78, 5) is 38.7. The molecule has 2 aliphatic rings. The summed E-state index contributed by atoms with van der Waals surface area (Å²) in [5, 5.41) is 7.62. The van der Waals surface area contributed by atoms with Crippen molar-refractivity contribution >= 4 is 17.8 Å². The van der Waals surface area contributed by atoms with Crippen LogP contribution in [0.2, 0.25) is 0 Å². The topological polar surface area (TPSA) is 99.6 Å². The lowest BCUT2D eigenvalue weighted by atomic mass is 10.00. The van der Waals surface area contributed by atoms with Gasteiger partial charge in [0, 0.05) is 18.4 Å². The molecule has 1 aromatic rings. The maximum atomic E-state index is 12.3. The van der Waals surface area contributed by atoms with E-state index in [2.05, 4.69) is 20.7 Å². The first kappa shape index (κ1) is 17.4.